The summed E-state index contributed by atoms with van der Waals surface area (Å²) in [5.74, 6) is 0.153. The molecular weight excluding hydrogens is 266 g/mol. The van der Waals surface area contributed by atoms with Gasteiger partial charge in [0.05, 0.1) is 6.04 Å². The Labute approximate surface area is 123 Å². The SMILES string of the molecule is CC(C)CC(NC(=O)c1ccc(=O)[nH]n1)c1ccccc1. The summed E-state index contributed by atoms with van der Waals surface area (Å²) in [6.07, 6.45) is 0.832. The number of hydrogen-bond acceptors (Lipinski definition) is 3. The third-order valence-corrected chi connectivity index (χ3v) is 3.13. The standard InChI is InChI=1S/C16H19N3O2/c1-11(2)10-14(12-6-4-3-5-7-12)17-16(21)13-8-9-15(20)19-18-13/h3-9,11,14H,10H2,1-2H3,(H,17,21)(H,19,20). The summed E-state index contributed by atoms with van der Waals surface area (Å²) in [5, 5.41) is 9.00. The van der Waals surface area contributed by atoms with Crippen LogP contribution in [0.1, 0.15) is 42.4 Å². The maximum absolute atomic E-state index is 12.2. The van der Waals surface area contributed by atoms with Gasteiger partial charge in [0.15, 0.2) is 0 Å². The van der Waals surface area contributed by atoms with Gasteiger partial charge >= 0.3 is 0 Å². The van der Waals surface area contributed by atoms with E-state index in [0.717, 1.165) is 12.0 Å². The van der Waals surface area contributed by atoms with Gasteiger partial charge in [0.2, 0.25) is 0 Å². The molecule has 0 radical (unpaired) electrons. The van der Waals surface area contributed by atoms with Crippen LogP contribution in [0.5, 0.6) is 0 Å². The first-order chi connectivity index (χ1) is 10.1. The minimum Gasteiger partial charge on any atom is -0.344 e. The van der Waals surface area contributed by atoms with Gasteiger partial charge in [0.25, 0.3) is 11.5 Å². The molecule has 21 heavy (non-hydrogen) atoms. The molecule has 5 heteroatoms. The summed E-state index contributed by atoms with van der Waals surface area (Å²) < 4.78 is 0. The van der Waals surface area contributed by atoms with Crippen LogP contribution in [-0.2, 0) is 0 Å². The van der Waals surface area contributed by atoms with E-state index in [4.69, 9.17) is 0 Å². The maximum atomic E-state index is 12.2. The smallest absolute Gasteiger partial charge is 0.272 e. The first kappa shape index (κ1) is 15.0. The molecule has 5 nitrogen and oxygen atoms in total. The van der Waals surface area contributed by atoms with Crippen molar-refractivity contribution in [2.24, 2.45) is 5.92 Å². The van der Waals surface area contributed by atoms with E-state index in [9.17, 15) is 9.59 Å². The molecule has 1 unspecified atom stereocenters. The van der Waals surface area contributed by atoms with Crippen molar-refractivity contribution < 1.29 is 4.79 Å². The molecule has 2 aromatic rings. The Morgan fingerprint density at radius 2 is 1.90 bits per heavy atom. The van der Waals surface area contributed by atoms with E-state index in [-0.39, 0.29) is 23.2 Å². The number of aromatic amines is 1. The molecule has 1 heterocycles. The lowest BCUT2D eigenvalue weighted by molar-refractivity contribution is 0.0925. The monoisotopic (exact) mass is 285 g/mol. The first-order valence-electron chi connectivity index (χ1n) is 6.98. The topological polar surface area (TPSA) is 74.8 Å². The van der Waals surface area contributed by atoms with Gasteiger partial charge in [-0.05, 0) is 24.0 Å². The van der Waals surface area contributed by atoms with Crippen LogP contribution >= 0.6 is 0 Å². The van der Waals surface area contributed by atoms with Crippen molar-refractivity contribution >= 4 is 5.91 Å². The fourth-order valence-electron chi connectivity index (χ4n) is 2.14. The van der Waals surface area contributed by atoms with Gasteiger partial charge < -0.3 is 5.32 Å². The molecule has 0 aliphatic carbocycles. The number of carbonyl (C=O) groups is 1. The molecule has 0 fully saturated rings. The van der Waals surface area contributed by atoms with Crippen LogP contribution in [0.3, 0.4) is 0 Å². The highest BCUT2D eigenvalue weighted by molar-refractivity contribution is 5.92. The predicted octanol–water partition coefficient (Wildman–Crippen LogP) is 2.29. The van der Waals surface area contributed by atoms with Gasteiger partial charge in [-0.1, -0.05) is 44.2 Å². The van der Waals surface area contributed by atoms with Crippen molar-refractivity contribution in [1.29, 1.82) is 0 Å². The van der Waals surface area contributed by atoms with Crippen LogP contribution in [0, 0.1) is 5.92 Å². The van der Waals surface area contributed by atoms with Crippen LogP contribution in [0.4, 0.5) is 0 Å². The summed E-state index contributed by atoms with van der Waals surface area (Å²) in [7, 11) is 0. The van der Waals surface area contributed by atoms with E-state index < -0.39 is 0 Å². The number of amides is 1. The molecular formula is C16H19N3O2. The summed E-state index contributed by atoms with van der Waals surface area (Å²) in [6, 6.07) is 12.5. The van der Waals surface area contributed by atoms with Gasteiger partial charge in [-0.15, -0.1) is 0 Å². The molecule has 0 aliphatic rings. The molecule has 2 rings (SSSR count). The van der Waals surface area contributed by atoms with Gasteiger partial charge in [0, 0.05) is 6.07 Å². The molecule has 0 aliphatic heterocycles. The van der Waals surface area contributed by atoms with Crippen molar-refractivity contribution in [2.75, 3.05) is 0 Å². The zero-order chi connectivity index (χ0) is 15.2. The average molecular weight is 285 g/mol. The first-order valence-corrected chi connectivity index (χ1v) is 6.98. The summed E-state index contributed by atoms with van der Waals surface area (Å²) in [5.41, 5.74) is 0.941. The highest BCUT2D eigenvalue weighted by Gasteiger charge is 2.17. The maximum Gasteiger partial charge on any atom is 0.272 e. The van der Waals surface area contributed by atoms with Crippen molar-refractivity contribution in [3.8, 4) is 0 Å². The van der Waals surface area contributed by atoms with E-state index in [1.165, 1.54) is 12.1 Å². The number of rotatable bonds is 5. The molecule has 1 atom stereocenters. The Morgan fingerprint density at radius 3 is 2.48 bits per heavy atom. The van der Waals surface area contributed by atoms with Crippen LogP contribution in [0.2, 0.25) is 0 Å². The van der Waals surface area contributed by atoms with Crippen LogP contribution in [0.15, 0.2) is 47.3 Å². The third kappa shape index (κ3) is 4.27. The van der Waals surface area contributed by atoms with Crippen molar-refractivity contribution in [2.45, 2.75) is 26.3 Å². The van der Waals surface area contributed by atoms with Crippen LogP contribution < -0.4 is 10.9 Å². The lowest BCUT2D eigenvalue weighted by atomic mass is 9.97. The van der Waals surface area contributed by atoms with E-state index in [2.05, 4.69) is 29.4 Å². The van der Waals surface area contributed by atoms with E-state index in [0.29, 0.717) is 5.92 Å². The Hall–Kier alpha value is -2.43. The van der Waals surface area contributed by atoms with Crippen LogP contribution in [-0.4, -0.2) is 16.1 Å². The van der Waals surface area contributed by atoms with E-state index in [1.54, 1.807) is 0 Å². The molecule has 0 bridgehead atoms. The van der Waals surface area contributed by atoms with E-state index in [1.807, 2.05) is 30.3 Å². The highest BCUT2D eigenvalue weighted by Crippen LogP contribution is 2.21. The fourth-order valence-corrected chi connectivity index (χ4v) is 2.14. The molecule has 0 saturated heterocycles. The molecule has 1 amide bonds. The lowest BCUT2D eigenvalue weighted by Crippen LogP contribution is -2.30. The third-order valence-electron chi connectivity index (χ3n) is 3.13. The normalized spacial score (nSPS) is 12.1. The zero-order valence-electron chi connectivity index (χ0n) is 12.2. The quantitative estimate of drug-likeness (QED) is 0.885. The molecule has 2 N–H and O–H groups in total. The van der Waals surface area contributed by atoms with Gasteiger partial charge in [0.1, 0.15) is 5.69 Å². The van der Waals surface area contributed by atoms with Crippen molar-refractivity contribution in [3.63, 3.8) is 0 Å². The number of aromatic nitrogens is 2. The largest absolute Gasteiger partial charge is 0.344 e. The Balaban J connectivity index is 2.17. The number of nitrogens with zero attached hydrogens (tertiary/aromatic N) is 1. The molecule has 1 aromatic carbocycles. The van der Waals surface area contributed by atoms with Gasteiger partial charge in [-0.2, -0.15) is 5.10 Å². The average Bonchev–Trinajstić information content (AvgIpc) is 2.47. The summed E-state index contributed by atoms with van der Waals surface area (Å²) in [4.78, 5) is 23.2. The van der Waals surface area contributed by atoms with Crippen molar-refractivity contribution in [3.05, 3.63) is 64.1 Å². The Bertz CT molecular complexity index is 630. The minimum absolute atomic E-state index is 0.0765. The summed E-state index contributed by atoms with van der Waals surface area (Å²) in [6.45, 7) is 4.22. The molecule has 1 aromatic heterocycles. The Kier molecular flexibility index (Phi) is 4.87. The summed E-state index contributed by atoms with van der Waals surface area (Å²) >= 11 is 0. The second kappa shape index (κ2) is 6.83. The molecule has 110 valence electrons. The molecule has 0 saturated carbocycles. The predicted molar refractivity (Wildman–Crippen MR) is 81.0 cm³/mol. The minimum atomic E-state index is -0.326. The Morgan fingerprint density at radius 1 is 1.19 bits per heavy atom. The number of carbonyl (C=O) groups excluding carboxylic acids is 1. The van der Waals surface area contributed by atoms with E-state index >= 15 is 0 Å². The van der Waals surface area contributed by atoms with Crippen molar-refractivity contribution in [1.82, 2.24) is 15.5 Å². The lowest BCUT2D eigenvalue weighted by Gasteiger charge is -2.20. The second-order valence-corrected chi connectivity index (χ2v) is 5.37. The number of H-pyrrole nitrogens is 1. The number of nitrogens with one attached hydrogen (secondary N) is 2. The molecule has 0 spiro atoms. The zero-order valence-corrected chi connectivity index (χ0v) is 12.2. The van der Waals surface area contributed by atoms with Crippen LogP contribution in [0.25, 0.3) is 0 Å². The second-order valence-electron chi connectivity index (χ2n) is 5.37. The number of hydrogen-bond donors (Lipinski definition) is 2. The number of benzene rings is 1. The van der Waals surface area contributed by atoms with Gasteiger partial charge in [-0.3, -0.25) is 9.59 Å². The fraction of sp³-hybridized carbons (Fsp3) is 0.312. The van der Waals surface area contributed by atoms with Gasteiger partial charge in [-0.25, -0.2) is 5.10 Å². The highest BCUT2D eigenvalue weighted by atomic mass is 16.2.